The Bertz CT molecular complexity index is 1210. The Morgan fingerprint density at radius 2 is 1.66 bits per heavy atom. The Morgan fingerprint density at radius 1 is 0.977 bits per heavy atom. The molecule has 1 aliphatic rings. The molecule has 240 valence electrons. The van der Waals surface area contributed by atoms with Gasteiger partial charge in [0.1, 0.15) is 19.8 Å². The standard InChI is InChI=1S/C33H44N2O9/c36-27(17-16-24-10-4-3-5-11-24)18-19-29-28(30(37)20-31(29)38)14-6-1-2-7-15-32(39)34-21-33(40)43-22-25-12-8-9-13-26(25)23-44-35(41)42/h1,3-6,8-13,27-31,36-38H,2,7,14-23H2,(H,34,39)/t27-,28+,29+,30-,31+/m0/s1. The average Bonchev–Trinajstić information content (AvgIpc) is 3.29. The number of carbonyl (C=O) groups excluding carboxylic acids is 2. The molecular formula is C33H44N2O9. The normalized spacial score (nSPS) is 20.3. The molecule has 44 heavy (non-hydrogen) atoms. The Morgan fingerprint density at radius 3 is 2.39 bits per heavy atom. The Kier molecular flexibility index (Phi) is 14.8. The monoisotopic (exact) mass is 612 g/mol. The van der Waals surface area contributed by atoms with Gasteiger partial charge in [0.2, 0.25) is 5.91 Å². The Balaban J connectivity index is 1.29. The van der Waals surface area contributed by atoms with Crippen LogP contribution in [0.15, 0.2) is 66.7 Å². The van der Waals surface area contributed by atoms with Crippen molar-refractivity contribution >= 4 is 11.9 Å². The number of benzene rings is 2. The van der Waals surface area contributed by atoms with Gasteiger partial charge in [0.05, 0.1) is 18.3 Å². The molecule has 4 N–H and O–H groups in total. The fourth-order valence-corrected chi connectivity index (χ4v) is 5.59. The molecule has 3 rings (SSSR count). The second-order valence-electron chi connectivity index (χ2n) is 11.3. The van der Waals surface area contributed by atoms with E-state index in [4.69, 9.17) is 4.74 Å². The summed E-state index contributed by atoms with van der Waals surface area (Å²) in [6.45, 7) is -0.638. The van der Waals surface area contributed by atoms with Gasteiger partial charge < -0.3 is 30.2 Å². The fraction of sp³-hybridized carbons (Fsp3) is 0.515. The third-order valence-corrected chi connectivity index (χ3v) is 8.08. The molecule has 0 bridgehead atoms. The average molecular weight is 613 g/mol. The van der Waals surface area contributed by atoms with Crippen molar-refractivity contribution in [3.05, 3.63) is 93.6 Å². The molecule has 1 aliphatic carbocycles. The van der Waals surface area contributed by atoms with Crippen LogP contribution in [-0.2, 0) is 38.8 Å². The van der Waals surface area contributed by atoms with E-state index in [0.29, 0.717) is 56.1 Å². The summed E-state index contributed by atoms with van der Waals surface area (Å²) in [7, 11) is 0. The quantitative estimate of drug-likeness (QED) is 0.0606. The number of carbonyl (C=O) groups is 2. The van der Waals surface area contributed by atoms with E-state index in [9.17, 15) is 35.0 Å². The number of unbranched alkanes of at least 4 members (excludes halogenated alkanes) is 1. The van der Waals surface area contributed by atoms with Crippen LogP contribution in [0.3, 0.4) is 0 Å². The smallest absolute Gasteiger partial charge is 0.325 e. The van der Waals surface area contributed by atoms with Crippen LogP contribution in [0.4, 0.5) is 0 Å². The summed E-state index contributed by atoms with van der Waals surface area (Å²) in [5, 5.41) is 43.6. The van der Waals surface area contributed by atoms with Crippen molar-refractivity contribution in [2.45, 2.75) is 89.3 Å². The van der Waals surface area contributed by atoms with Gasteiger partial charge in [-0.3, -0.25) is 9.59 Å². The molecular weight excluding hydrogens is 568 g/mol. The molecule has 0 spiro atoms. The van der Waals surface area contributed by atoms with Crippen molar-refractivity contribution in [3.8, 4) is 0 Å². The first kappa shape index (κ1) is 34.7. The molecule has 0 saturated heterocycles. The number of esters is 1. The van der Waals surface area contributed by atoms with E-state index in [0.717, 1.165) is 6.42 Å². The molecule has 0 aromatic heterocycles. The largest absolute Gasteiger partial charge is 0.459 e. The van der Waals surface area contributed by atoms with Crippen molar-refractivity contribution in [1.29, 1.82) is 0 Å². The van der Waals surface area contributed by atoms with Gasteiger partial charge in [0.15, 0.2) is 0 Å². The zero-order valence-corrected chi connectivity index (χ0v) is 25.0. The number of aliphatic hydroxyl groups is 3. The highest BCUT2D eigenvalue weighted by molar-refractivity contribution is 5.81. The minimum Gasteiger partial charge on any atom is -0.459 e. The zero-order valence-electron chi connectivity index (χ0n) is 25.0. The van der Waals surface area contributed by atoms with Gasteiger partial charge in [-0.2, -0.15) is 0 Å². The van der Waals surface area contributed by atoms with Crippen molar-refractivity contribution < 1.29 is 39.6 Å². The second kappa shape index (κ2) is 18.8. The third-order valence-electron chi connectivity index (χ3n) is 8.08. The van der Waals surface area contributed by atoms with Gasteiger partial charge in [-0.25, -0.2) is 0 Å². The van der Waals surface area contributed by atoms with E-state index in [1.807, 2.05) is 42.5 Å². The van der Waals surface area contributed by atoms with Gasteiger partial charge in [0, 0.05) is 6.42 Å². The highest BCUT2D eigenvalue weighted by Crippen LogP contribution is 2.38. The van der Waals surface area contributed by atoms with Crippen LogP contribution >= 0.6 is 0 Å². The SMILES string of the molecule is O=C(CCCC=CC[C@@H]1[C@@H](CC[C@@H](O)CCc2ccccc2)[C@H](O)C[C@@H]1O)NCC(=O)OCc1ccccc1CO[N+](=O)[O-]. The van der Waals surface area contributed by atoms with E-state index < -0.39 is 29.4 Å². The maximum absolute atomic E-state index is 12.1. The molecule has 0 unspecified atom stereocenters. The first-order valence-electron chi connectivity index (χ1n) is 15.2. The number of hydrogen-bond donors (Lipinski definition) is 4. The molecule has 0 heterocycles. The summed E-state index contributed by atoms with van der Waals surface area (Å²) >= 11 is 0. The van der Waals surface area contributed by atoms with E-state index in [-0.39, 0.29) is 43.9 Å². The topological polar surface area (TPSA) is 168 Å². The van der Waals surface area contributed by atoms with Crippen LogP contribution in [0.25, 0.3) is 0 Å². The number of nitrogens with one attached hydrogen (secondary N) is 1. The molecule has 0 radical (unpaired) electrons. The molecule has 11 nitrogen and oxygen atoms in total. The highest BCUT2D eigenvalue weighted by Gasteiger charge is 2.40. The maximum Gasteiger partial charge on any atom is 0.325 e. The first-order valence-corrected chi connectivity index (χ1v) is 15.2. The van der Waals surface area contributed by atoms with Gasteiger partial charge in [0.25, 0.3) is 5.09 Å². The van der Waals surface area contributed by atoms with Gasteiger partial charge in [-0.1, -0.05) is 66.7 Å². The number of hydrogen-bond acceptors (Lipinski definition) is 9. The number of allylic oxidation sites excluding steroid dienone is 2. The van der Waals surface area contributed by atoms with Crippen LogP contribution in [0.1, 0.15) is 68.1 Å². The van der Waals surface area contributed by atoms with E-state index >= 15 is 0 Å². The van der Waals surface area contributed by atoms with Crippen LogP contribution in [0.2, 0.25) is 0 Å². The van der Waals surface area contributed by atoms with Gasteiger partial charge in [-0.05, 0) is 79.9 Å². The number of nitrogens with zero attached hydrogens (tertiary/aromatic N) is 1. The summed E-state index contributed by atoms with van der Waals surface area (Å²) in [6.07, 6.45) is 7.41. The van der Waals surface area contributed by atoms with Gasteiger partial charge >= 0.3 is 5.97 Å². The summed E-state index contributed by atoms with van der Waals surface area (Å²) in [5.41, 5.74) is 2.28. The minimum atomic E-state index is -0.890. The lowest BCUT2D eigenvalue weighted by Gasteiger charge is -2.23. The third kappa shape index (κ3) is 12.4. The van der Waals surface area contributed by atoms with Crippen LogP contribution in [0, 0.1) is 22.0 Å². The summed E-state index contributed by atoms with van der Waals surface area (Å²) in [4.78, 5) is 39.0. The molecule has 1 saturated carbocycles. The van der Waals surface area contributed by atoms with Crippen LogP contribution < -0.4 is 5.32 Å². The molecule has 11 heteroatoms. The lowest BCUT2D eigenvalue weighted by molar-refractivity contribution is -0.763. The Labute approximate surface area is 258 Å². The highest BCUT2D eigenvalue weighted by atomic mass is 16.9. The summed E-state index contributed by atoms with van der Waals surface area (Å²) in [6, 6.07) is 16.7. The maximum atomic E-state index is 12.1. The van der Waals surface area contributed by atoms with E-state index in [1.54, 1.807) is 24.3 Å². The van der Waals surface area contributed by atoms with Crippen molar-refractivity contribution in [2.24, 2.45) is 11.8 Å². The number of ether oxygens (including phenoxy) is 1. The van der Waals surface area contributed by atoms with E-state index in [1.165, 1.54) is 5.56 Å². The molecule has 2 aromatic rings. The summed E-state index contributed by atoms with van der Waals surface area (Å²) < 4.78 is 5.18. The molecule has 1 amide bonds. The number of amides is 1. The number of aryl methyl sites for hydroxylation is 1. The Hall–Kier alpha value is -3.80. The van der Waals surface area contributed by atoms with Crippen LogP contribution in [-0.4, -0.2) is 57.1 Å². The molecule has 5 atom stereocenters. The van der Waals surface area contributed by atoms with Crippen molar-refractivity contribution in [1.82, 2.24) is 5.32 Å². The van der Waals surface area contributed by atoms with Crippen LogP contribution in [0.5, 0.6) is 0 Å². The molecule has 1 fully saturated rings. The van der Waals surface area contributed by atoms with Gasteiger partial charge in [-0.15, -0.1) is 10.1 Å². The van der Waals surface area contributed by atoms with E-state index in [2.05, 4.69) is 10.2 Å². The minimum absolute atomic E-state index is 0.0746. The zero-order chi connectivity index (χ0) is 31.7. The second-order valence-corrected chi connectivity index (χ2v) is 11.3. The molecule has 2 aromatic carbocycles. The van der Waals surface area contributed by atoms with Crippen molar-refractivity contribution in [3.63, 3.8) is 0 Å². The predicted octanol–water partition coefficient (Wildman–Crippen LogP) is 3.80. The predicted molar refractivity (Wildman–Crippen MR) is 162 cm³/mol. The fourth-order valence-electron chi connectivity index (χ4n) is 5.59. The summed E-state index contributed by atoms with van der Waals surface area (Å²) in [5.74, 6) is -1.06. The number of rotatable bonds is 19. The van der Waals surface area contributed by atoms with Crippen molar-refractivity contribution in [2.75, 3.05) is 6.54 Å². The number of aliphatic hydroxyl groups excluding tert-OH is 3. The molecule has 0 aliphatic heterocycles. The first-order chi connectivity index (χ1) is 21.2. The lowest BCUT2D eigenvalue weighted by Crippen LogP contribution is -2.30. The lowest BCUT2D eigenvalue weighted by atomic mass is 9.85.